The van der Waals surface area contributed by atoms with Crippen LogP contribution in [0.3, 0.4) is 0 Å². The molecule has 4 nitrogen and oxygen atoms in total. The lowest BCUT2D eigenvalue weighted by atomic mass is 10.4. The van der Waals surface area contributed by atoms with E-state index >= 15 is 0 Å². The first kappa shape index (κ1) is 6.67. The molecule has 0 saturated carbocycles. The molecule has 0 saturated heterocycles. The Bertz CT molecular complexity index is 279. The zero-order chi connectivity index (χ0) is 7.56. The summed E-state index contributed by atoms with van der Waals surface area (Å²) in [7, 11) is 1.37. The molecule has 1 N–H and O–H groups in total. The van der Waals surface area contributed by atoms with Gasteiger partial charge in [-0.05, 0) is 12.1 Å². The second-order valence-corrected chi connectivity index (χ2v) is 1.73. The summed E-state index contributed by atoms with van der Waals surface area (Å²) in [5.41, 5.74) is -0.551. The molecule has 0 unspecified atom stereocenters. The number of methoxy groups -OCH3 is 1. The quantitative estimate of drug-likeness (QED) is 0.564. The summed E-state index contributed by atoms with van der Waals surface area (Å²) < 4.78 is 5.10. The Labute approximate surface area is 57.2 Å². The maximum absolute atomic E-state index is 10.8. The lowest BCUT2D eigenvalue weighted by molar-refractivity contribution is 0.170. The second-order valence-electron chi connectivity index (χ2n) is 1.73. The Morgan fingerprint density at radius 2 is 2.40 bits per heavy atom. The second kappa shape index (κ2) is 2.43. The van der Waals surface area contributed by atoms with Crippen LogP contribution in [0.15, 0.2) is 23.1 Å². The van der Waals surface area contributed by atoms with E-state index in [2.05, 4.69) is 4.74 Å². The SMILES string of the molecule is COc1cccn(O)c1=O. The van der Waals surface area contributed by atoms with Crippen LogP contribution in [-0.2, 0) is 0 Å². The summed E-state index contributed by atoms with van der Waals surface area (Å²) in [5.74, 6) is 0.130. The first-order chi connectivity index (χ1) is 4.75. The predicted octanol–water partition coefficient (Wildman–Crippen LogP) is 0.0942. The van der Waals surface area contributed by atoms with Crippen molar-refractivity contribution in [1.29, 1.82) is 0 Å². The number of ether oxygens (including phenoxy) is 1. The van der Waals surface area contributed by atoms with Crippen LogP contribution in [0.4, 0.5) is 0 Å². The molecule has 10 heavy (non-hydrogen) atoms. The molecule has 1 aromatic rings. The van der Waals surface area contributed by atoms with Gasteiger partial charge in [0.15, 0.2) is 5.75 Å². The molecule has 4 heteroatoms. The van der Waals surface area contributed by atoms with Crippen LogP contribution in [0.2, 0.25) is 0 Å². The summed E-state index contributed by atoms with van der Waals surface area (Å²) in [6.07, 6.45) is 1.24. The highest BCUT2D eigenvalue weighted by atomic mass is 16.5. The van der Waals surface area contributed by atoms with Crippen molar-refractivity contribution in [3.8, 4) is 5.75 Å². The van der Waals surface area contributed by atoms with Gasteiger partial charge in [-0.15, -0.1) is 0 Å². The zero-order valence-corrected chi connectivity index (χ0v) is 5.44. The van der Waals surface area contributed by atoms with Crippen LogP contribution < -0.4 is 10.3 Å². The molecule has 1 rings (SSSR count). The van der Waals surface area contributed by atoms with Gasteiger partial charge >= 0.3 is 5.56 Å². The van der Waals surface area contributed by atoms with Gasteiger partial charge in [-0.25, -0.2) is 0 Å². The number of hydrogen-bond donors (Lipinski definition) is 1. The van der Waals surface area contributed by atoms with Crippen LogP contribution in [0.1, 0.15) is 0 Å². The summed E-state index contributed by atoms with van der Waals surface area (Å²) >= 11 is 0. The molecule has 0 aliphatic rings. The van der Waals surface area contributed by atoms with E-state index in [1.807, 2.05) is 0 Å². The number of nitrogens with zero attached hydrogens (tertiary/aromatic N) is 1. The van der Waals surface area contributed by atoms with Crippen molar-refractivity contribution in [2.45, 2.75) is 0 Å². The van der Waals surface area contributed by atoms with Crippen molar-refractivity contribution in [2.75, 3.05) is 7.11 Å². The van der Waals surface area contributed by atoms with Crippen LogP contribution in [0.5, 0.6) is 5.75 Å². The van der Waals surface area contributed by atoms with Gasteiger partial charge in [-0.2, -0.15) is 4.73 Å². The highest BCUT2D eigenvalue weighted by molar-refractivity contribution is 5.15. The number of pyridine rings is 1. The smallest absolute Gasteiger partial charge is 0.325 e. The van der Waals surface area contributed by atoms with E-state index in [1.165, 1.54) is 25.4 Å². The van der Waals surface area contributed by atoms with Crippen molar-refractivity contribution in [3.05, 3.63) is 28.7 Å². The normalized spacial score (nSPS) is 9.30. The summed E-state index contributed by atoms with van der Waals surface area (Å²) in [6.45, 7) is 0. The Balaban J connectivity index is 3.28. The minimum absolute atomic E-state index is 0.130. The number of aromatic nitrogens is 1. The largest absolute Gasteiger partial charge is 0.491 e. The molecule has 0 spiro atoms. The van der Waals surface area contributed by atoms with Gasteiger partial charge in [-0.3, -0.25) is 4.79 Å². The fourth-order valence-corrected chi connectivity index (χ4v) is 0.619. The molecule has 0 atom stereocenters. The number of rotatable bonds is 1. The van der Waals surface area contributed by atoms with Crippen molar-refractivity contribution >= 4 is 0 Å². The molecule has 0 fully saturated rings. The molecule has 0 radical (unpaired) electrons. The van der Waals surface area contributed by atoms with Gasteiger partial charge in [0.1, 0.15) is 0 Å². The average molecular weight is 141 g/mol. The molecular weight excluding hydrogens is 134 g/mol. The highest BCUT2D eigenvalue weighted by Gasteiger charge is 1.98. The summed E-state index contributed by atoms with van der Waals surface area (Å²) in [6, 6.07) is 3.00. The van der Waals surface area contributed by atoms with Crippen LogP contribution in [0.25, 0.3) is 0 Å². The Hall–Kier alpha value is -1.45. The average Bonchev–Trinajstić information content (AvgIpc) is 1.95. The van der Waals surface area contributed by atoms with Crippen molar-refractivity contribution in [3.63, 3.8) is 0 Å². The fraction of sp³-hybridized carbons (Fsp3) is 0.167. The van der Waals surface area contributed by atoms with Crippen molar-refractivity contribution < 1.29 is 9.94 Å². The molecule has 1 aromatic heterocycles. The molecular formula is C6H7NO3. The zero-order valence-electron chi connectivity index (χ0n) is 5.44. The fourth-order valence-electron chi connectivity index (χ4n) is 0.619. The van der Waals surface area contributed by atoms with E-state index < -0.39 is 5.56 Å². The molecule has 1 heterocycles. The standard InChI is InChI=1S/C6H7NO3/c1-10-5-3-2-4-7(9)6(5)8/h2-4,9H,1H3. The van der Waals surface area contributed by atoms with Gasteiger partial charge in [0.05, 0.1) is 7.11 Å². The third kappa shape index (κ3) is 0.953. The first-order valence-electron chi connectivity index (χ1n) is 2.70. The van der Waals surface area contributed by atoms with E-state index in [0.29, 0.717) is 4.73 Å². The van der Waals surface area contributed by atoms with Crippen LogP contribution in [-0.4, -0.2) is 17.0 Å². The van der Waals surface area contributed by atoms with E-state index in [9.17, 15) is 4.79 Å². The summed E-state index contributed by atoms with van der Waals surface area (Å²) in [4.78, 5) is 10.8. The first-order valence-corrected chi connectivity index (χ1v) is 2.70. The Morgan fingerprint density at radius 3 is 2.90 bits per heavy atom. The minimum atomic E-state index is -0.551. The molecule has 54 valence electrons. The van der Waals surface area contributed by atoms with E-state index in [1.54, 1.807) is 0 Å². The Morgan fingerprint density at radius 1 is 1.70 bits per heavy atom. The maximum Gasteiger partial charge on any atom is 0.325 e. The topological polar surface area (TPSA) is 51.5 Å². The molecule has 0 amide bonds. The molecule has 0 aliphatic carbocycles. The van der Waals surface area contributed by atoms with Crippen LogP contribution in [0, 0.1) is 0 Å². The van der Waals surface area contributed by atoms with Gasteiger partial charge in [-0.1, -0.05) is 0 Å². The maximum atomic E-state index is 10.8. The third-order valence-corrected chi connectivity index (χ3v) is 1.11. The van der Waals surface area contributed by atoms with Crippen molar-refractivity contribution in [1.82, 2.24) is 4.73 Å². The predicted molar refractivity (Wildman–Crippen MR) is 34.4 cm³/mol. The monoisotopic (exact) mass is 141 g/mol. The highest BCUT2D eigenvalue weighted by Crippen LogP contribution is 1.97. The van der Waals surface area contributed by atoms with Crippen LogP contribution >= 0.6 is 0 Å². The molecule has 0 aliphatic heterocycles. The van der Waals surface area contributed by atoms with Gasteiger partial charge in [0.2, 0.25) is 0 Å². The van der Waals surface area contributed by atoms with E-state index in [0.717, 1.165) is 0 Å². The third-order valence-electron chi connectivity index (χ3n) is 1.11. The lowest BCUT2D eigenvalue weighted by Crippen LogP contribution is -2.17. The lowest BCUT2D eigenvalue weighted by Gasteiger charge is -1.98. The van der Waals surface area contributed by atoms with E-state index in [-0.39, 0.29) is 5.75 Å². The summed E-state index contributed by atoms with van der Waals surface area (Å²) in [5, 5.41) is 8.76. The number of hydrogen-bond acceptors (Lipinski definition) is 3. The Kier molecular flexibility index (Phi) is 1.62. The van der Waals surface area contributed by atoms with Gasteiger partial charge in [0, 0.05) is 6.20 Å². The van der Waals surface area contributed by atoms with Gasteiger partial charge < -0.3 is 9.94 Å². The van der Waals surface area contributed by atoms with Gasteiger partial charge in [0.25, 0.3) is 0 Å². The molecule has 0 aromatic carbocycles. The van der Waals surface area contributed by atoms with Crippen molar-refractivity contribution in [2.24, 2.45) is 0 Å². The minimum Gasteiger partial charge on any atom is -0.491 e. The molecule has 0 bridgehead atoms. The van der Waals surface area contributed by atoms with E-state index in [4.69, 9.17) is 5.21 Å².